The molecule has 0 unspecified atom stereocenters. The third-order valence-electron chi connectivity index (χ3n) is 3.59. The molecule has 0 spiro atoms. The highest BCUT2D eigenvalue weighted by Crippen LogP contribution is 2.27. The average Bonchev–Trinajstić information content (AvgIpc) is 3.01. The van der Waals surface area contributed by atoms with E-state index in [9.17, 15) is 9.90 Å². The van der Waals surface area contributed by atoms with Gasteiger partial charge in [0.1, 0.15) is 5.75 Å². The Kier molecular flexibility index (Phi) is 4.25. The van der Waals surface area contributed by atoms with E-state index in [-0.39, 0.29) is 12.6 Å². The minimum Gasteiger partial charge on any atom is -0.493 e. The standard InChI is InChI=1S/C17H18N2O3/c20-15(12-6-7-16-13(10-12)8-9-22-16)11-18-17(21)19-14-4-2-1-3-5-14/h1-7,10,15,20H,8-9,11H2,(H2,18,19,21)/t15-/m1/s1. The monoisotopic (exact) mass is 298 g/mol. The Labute approximate surface area is 128 Å². The minimum absolute atomic E-state index is 0.151. The molecule has 0 fully saturated rings. The SMILES string of the molecule is O=C(NC[C@@H](O)c1ccc2c(c1)CCO2)Nc1ccccc1. The van der Waals surface area contributed by atoms with E-state index >= 15 is 0 Å². The largest absolute Gasteiger partial charge is 0.493 e. The Balaban J connectivity index is 1.53. The molecule has 3 rings (SSSR count). The lowest BCUT2D eigenvalue weighted by Gasteiger charge is -2.14. The van der Waals surface area contributed by atoms with Gasteiger partial charge in [-0.25, -0.2) is 4.79 Å². The van der Waals surface area contributed by atoms with Gasteiger partial charge in [-0.15, -0.1) is 0 Å². The number of amides is 2. The van der Waals surface area contributed by atoms with Crippen LogP contribution in [0.4, 0.5) is 10.5 Å². The molecule has 1 aliphatic heterocycles. The van der Waals surface area contributed by atoms with E-state index < -0.39 is 6.10 Å². The first-order chi connectivity index (χ1) is 10.7. The summed E-state index contributed by atoms with van der Waals surface area (Å²) in [6.45, 7) is 0.838. The van der Waals surface area contributed by atoms with E-state index in [1.54, 1.807) is 12.1 Å². The zero-order chi connectivity index (χ0) is 15.4. The first kappa shape index (κ1) is 14.4. The van der Waals surface area contributed by atoms with Crippen LogP contribution < -0.4 is 15.4 Å². The summed E-state index contributed by atoms with van der Waals surface area (Å²) in [4.78, 5) is 11.8. The Morgan fingerprint density at radius 2 is 2.05 bits per heavy atom. The number of benzene rings is 2. The molecular formula is C17H18N2O3. The third kappa shape index (κ3) is 3.38. The van der Waals surface area contributed by atoms with Crippen molar-refractivity contribution in [3.05, 3.63) is 59.7 Å². The van der Waals surface area contributed by atoms with Gasteiger partial charge >= 0.3 is 6.03 Å². The number of aliphatic hydroxyl groups is 1. The second kappa shape index (κ2) is 6.49. The van der Waals surface area contributed by atoms with Crippen molar-refractivity contribution in [3.63, 3.8) is 0 Å². The van der Waals surface area contributed by atoms with E-state index in [1.165, 1.54) is 0 Å². The summed E-state index contributed by atoms with van der Waals surface area (Å²) in [5.41, 5.74) is 2.60. The molecule has 0 bridgehead atoms. The quantitative estimate of drug-likeness (QED) is 0.812. The molecule has 114 valence electrons. The van der Waals surface area contributed by atoms with Crippen molar-refractivity contribution in [2.45, 2.75) is 12.5 Å². The Hall–Kier alpha value is -2.53. The molecule has 0 aromatic heterocycles. The molecule has 2 aromatic carbocycles. The summed E-state index contributed by atoms with van der Waals surface area (Å²) in [5, 5.41) is 15.6. The summed E-state index contributed by atoms with van der Waals surface area (Å²) in [7, 11) is 0. The number of nitrogens with one attached hydrogen (secondary N) is 2. The number of ether oxygens (including phenoxy) is 1. The van der Waals surface area contributed by atoms with Crippen LogP contribution in [0.5, 0.6) is 5.75 Å². The Bertz CT molecular complexity index is 658. The van der Waals surface area contributed by atoms with Crippen LogP contribution in [0.25, 0.3) is 0 Å². The van der Waals surface area contributed by atoms with Crippen LogP contribution >= 0.6 is 0 Å². The molecule has 3 N–H and O–H groups in total. The number of para-hydroxylation sites is 1. The summed E-state index contributed by atoms with van der Waals surface area (Å²) in [6, 6.07) is 14.5. The fourth-order valence-electron chi connectivity index (χ4n) is 2.42. The lowest BCUT2D eigenvalue weighted by Crippen LogP contribution is -2.32. The van der Waals surface area contributed by atoms with Crippen molar-refractivity contribution in [2.75, 3.05) is 18.5 Å². The molecule has 2 aromatic rings. The van der Waals surface area contributed by atoms with Crippen LogP contribution in [0.15, 0.2) is 48.5 Å². The second-order valence-electron chi connectivity index (χ2n) is 5.18. The van der Waals surface area contributed by atoms with Gasteiger partial charge in [0.25, 0.3) is 0 Å². The molecule has 5 nitrogen and oxygen atoms in total. The average molecular weight is 298 g/mol. The van der Waals surface area contributed by atoms with Crippen LogP contribution in [0.3, 0.4) is 0 Å². The summed E-state index contributed by atoms with van der Waals surface area (Å²) in [5.74, 6) is 0.880. The smallest absolute Gasteiger partial charge is 0.319 e. The van der Waals surface area contributed by atoms with E-state index in [2.05, 4.69) is 10.6 Å². The van der Waals surface area contributed by atoms with E-state index in [0.717, 1.165) is 23.3 Å². The molecule has 1 atom stereocenters. The number of anilines is 1. The number of carbonyl (C=O) groups is 1. The molecular weight excluding hydrogens is 280 g/mol. The maximum absolute atomic E-state index is 11.8. The highest BCUT2D eigenvalue weighted by molar-refractivity contribution is 5.89. The predicted octanol–water partition coefficient (Wildman–Crippen LogP) is 2.48. The van der Waals surface area contributed by atoms with Gasteiger partial charge in [-0.2, -0.15) is 0 Å². The van der Waals surface area contributed by atoms with E-state index in [4.69, 9.17) is 4.74 Å². The number of rotatable bonds is 4. The van der Waals surface area contributed by atoms with Gasteiger partial charge in [-0.1, -0.05) is 24.3 Å². The van der Waals surface area contributed by atoms with Crippen molar-refractivity contribution in [1.82, 2.24) is 5.32 Å². The van der Waals surface area contributed by atoms with Crippen molar-refractivity contribution >= 4 is 11.7 Å². The molecule has 5 heteroatoms. The number of aliphatic hydroxyl groups excluding tert-OH is 1. The van der Waals surface area contributed by atoms with Crippen molar-refractivity contribution in [1.29, 1.82) is 0 Å². The maximum atomic E-state index is 11.8. The lowest BCUT2D eigenvalue weighted by molar-refractivity contribution is 0.175. The zero-order valence-electron chi connectivity index (χ0n) is 12.1. The molecule has 2 amide bonds. The summed E-state index contributed by atoms with van der Waals surface area (Å²) >= 11 is 0. The zero-order valence-corrected chi connectivity index (χ0v) is 12.1. The van der Waals surface area contributed by atoms with E-state index in [0.29, 0.717) is 12.3 Å². The van der Waals surface area contributed by atoms with Gasteiger partial charge in [0.2, 0.25) is 0 Å². The maximum Gasteiger partial charge on any atom is 0.319 e. The van der Waals surface area contributed by atoms with Crippen molar-refractivity contribution < 1.29 is 14.6 Å². The summed E-state index contributed by atoms with van der Waals surface area (Å²) in [6.07, 6.45) is 0.116. The number of hydrogen-bond acceptors (Lipinski definition) is 3. The molecule has 0 radical (unpaired) electrons. The van der Waals surface area contributed by atoms with Crippen LogP contribution in [0.2, 0.25) is 0 Å². The highest BCUT2D eigenvalue weighted by atomic mass is 16.5. The second-order valence-corrected chi connectivity index (χ2v) is 5.18. The van der Waals surface area contributed by atoms with Gasteiger partial charge in [-0.05, 0) is 35.4 Å². The predicted molar refractivity (Wildman–Crippen MR) is 84.1 cm³/mol. The third-order valence-corrected chi connectivity index (χ3v) is 3.59. The van der Waals surface area contributed by atoms with Crippen LogP contribution in [-0.4, -0.2) is 24.3 Å². The first-order valence-electron chi connectivity index (χ1n) is 7.26. The highest BCUT2D eigenvalue weighted by Gasteiger charge is 2.16. The molecule has 1 heterocycles. The van der Waals surface area contributed by atoms with Gasteiger partial charge in [-0.3, -0.25) is 0 Å². The molecule has 1 aliphatic rings. The Morgan fingerprint density at radius 1 is 1.23 bits per heavy atom. The molecule has 0 aliphatic carbocycles. The van der Waals surface area contributed by atoms with Crippen LogP contribution in [-0.2, 0) is 6.42 Å². The van der Waals surface area contributed by atoms with Crippen molar-refractivity contribution in [2.24, 2.45) is 0 Å². The fraction of sp³-hybridized carbons (Fsp3) is 0.235. The van der Waals surface area contributed by atoms with Gasteiger partial charge in [0.05, 0.1) is 12.7 Å². The van der Waals surface area contributed by atoms with E-state index in [1.807, 2.05) is 36.4 Å². The number of hydrogen-bond donors (Lipinski definition) is 3. The molecule has 0 saturated heterocycles. The fourth-order valence-corrected chi connectivity index (χ4v) is 2.42. The Morgan fingerprint density at radius 3 is 2.86 bits per heavy atom. The van der Waals surface area contributed by atoms with Crippen LogP contribution in [0, 0.1) is 0 Å². The first-order valence-corrected chi connectivity index (χ1v) is 7.26. The van der Waals surface area contributed by atoms with Gasteiger partial charge in [0, 0.05) is 18.7 Å². The van der Waals surface area contributed by atoms with Crippen LogP contribution in [0.1, 0.15) is 17.2 Å². The topological polar surface area (TPSA) is 70.6 Å². The number of urea groups is 1. The van der Waals surface area contributed by atoms with Gasteiger partial charge < -0.3 is 20.5 Å². The lowest BCUT2D eigenvalue weighted by atomic mass is 10.0. The normalized spacial score (nSPS) is 13.9. The number of carbonyl (C=O) groups excluding carboxylic acids is 1. The van der Waals surface area contributed by atoms with Crippen molar-refractivity contribution in [3.8, 4) is 5.75 Å². The van der Waals surface area contributed by atoms with Gasteiger partial charge in [0.15, 0.2) is 0 Å². The number of fused-ring (bicyclic) bond motifs is 1. The summed E-state index contributed by atoms with van der Waals surface area (Å²) < 4.78 is 5.44. The minimum atomic E-state index is -0.743. The molecule has 0 saturated carbocycles. The molecule has 22 heavy (non-hydrogen) atoms.